The van der Waals surface area contributed by atoms with Crippen LogP contribution in [0.3, 0.4) is 0 Å². The van der Waals surface area contributed by atoms with Gasteiger partial charge in [0.15, 0.2) is 0 Å². The minimum absolute atomic E-state index is 0.191. The molecule has 0 spiro atoms. The Morgan fingerprint density at radius 1 is 0.969 bits per heavy atom. The molecular formula is C27H32N2O3. The zero-order valence-electron chi connectivity index (χ0n) is 19.3. The van der Waals surface area contributed by atoms with Crippen LogP contribution in [0.4, 0.5) is 0 Å². The van der Waals surface area contributed by atoms with E-state index in [1.165, 1.54) is 10.5 Å². The van der Waals surface area contributed by atoms with Crippen LogP contribution >= 0.6 is 0 Å². The third-order valence-corrected chi connectivity index (χ3v) is 6.61. The number of hydrogen-bond acceptors (Lipinski definition) is 4. The highest BCUT2D eigenvalue weighted by Crippen LogP contribution is 2.35. The highest BCUT2D eigenvalue weighted by molar-refractivity contribution is 6.35. The van der Waals surface area contributed by atoms with Crippen molar-refractivity contribution in [2.45, 2.75) is 33.1 Å². The molecule has 32 heavy (non-hydrogen) atoms. The summed E-state index contributed by atoms with van der Waals surface area (Å²) >= 11 is 0. The number of piperidine rings is 1. The second-order valence-electron chi connectivity index (χ2n) is 8.92. The van der Waals surface area contributed by atoms with Crippen LogP contribution in [0, 0.1) is 19.8 Å². The summed E-state index contributed by atoms with van der Waals surface area (Å²) in [6.45, 7) is 6.24. The fraction of sp³-hybridized carbons (Fsp3) is 0.407. The van der Waals surface area contributed by atoms with E-state index in [1.54, 1.807) is 7.11 Å². The Hall–Kier alpha value is -2.92. The van der Waals surface area contributed by atoms with Crippen LogP contribution in [0.25, 0.3) is 5.57 Å². The van der Waals surface area contributed by atoms with Crippen LogP contribution in [0.5, 0.6) is 0 Å². The molecule has 2 aliphatic rings. The average Bonchev–Trinajstić information content (AvgIpc) is 3.03. The molecule has 0 bridgehead atoms. The maximum Gasteiger partial charge on any atom is 0.277 e. The lowest BCUT2D eigenvalue weighted by atomic mass is 9.89. The van der Waals surface area contributed by atoms with Crippen LogP contribution in [-0.4, -0.2) is 55.0 Å². The summed E-state index contributed by atoms with van der Waals surface area (Å²) in [5.74, 6) is 0.194. The third-order valence-electron chi connectivity index (χ3n) is 6.61. The number of rotatable bonds is 7. The highest BCUT2D eigenvalue weighted by atomic mass is 16.5. The van der Waals surface area contributed by atoms with E-state index >= 15 is 0 Å². The van der Waals surface area contributed by atoms with Gasteiger partial charge in [-0.1, -0.05) is 54.1 Å². The standard InChI is InChI=1S/C27H32N2O3/c1-19-9-10-23(20(2)17-19)24-25(27(31)29(26(24)30)15-16-32-3)28-13-11-22(12-14-28)18-21-7-5-4-6-8-21/h4-10,17,22H,11-16,18H2,1-3H3. The predicted molar refractivity (Wildman–Crippen MR) is 126 cm³/mol. The molecule has 0 aliphatic carbocycles. The first-order valence-electron chi connectivity index (χ1n) is 11.5. The zero-order chi connectivity index (χ0) is 22.7. The quantitative estimate of drug-likeness (QED) is 0.621. The number of carbonyl (C=O) groups excluding carboxylic acids is 2. The Kier molecular flexibility index (Phi) is 6.75. The molecule has 2 aromatic carbocycles. The fourth-order valence-electron chi connectivity index (χ4n) is 4.89. The first-order valence-corrected chi connectivity index (χ1v) is 11.5. The molecule has 0 aromatic heterocycles. The van der Waals surface area contributed by atoms with Crippen molar-refractivity contribution < 1.29 is 14.3 Å². The summed E-state index contributed by atoms with van der Waals surface area (Å²) in [5.41, 5.74) is 5.49. The summed E-state index contributed by atoms with van der Waals surface area (Å²) in [7, 11) is 1.59. The minimum Gasteiger partial charge on any atom is -0.383 e. The smallest absolute Gasteiger partial charge is 0.277 e. The van der Waals surface area contributed by atoms with Gasteiger partial charge in [0.1, 0.15) is 5.70 Å². The van der Waals surface area contributed by atoms with Gasteiger partial charge in [0, 0.05) is 20.2 Å². The number of likely N-dealkylation sites (tertiary alicyclic amines) is 1. The number of ether oxygens (including phenoxy) is 1. The number of hydrogen-bond donors (Lipinski definition) is 0. The number of carbonyl (C=O) groups is 2. The molecule has 0 radical (unpaired) electrons. The summed E-state index contributed by atoms with van der Waals surface area (Å²) in [4.78, 5) is 30.3. The Bertz CT molecular complexity index is 1020. The Morgan fingerprint density at radius 2 is 1.69 bits per heavy atom. The number of imide groups is 1. The second-order valence-corrected chi connectivity index (χ2v) is 8.92. The summed E-state index contributed by atoms with van der Waals surface area (Å²) in [6, 6.07) is 16.6. The van der Waals surface area contributed by atoms with E-state index in [9.17, 15) is 9.59 Å². The van der Waals surface area contributed by atoms with Crippen molar-refractivity contribution in [1.29, 1.82) is 0 Å². The van der Waals surface area contributed by atoms with E-state index in [-0.39, 0.29) is 18.4 Å². The zero-order valence-corrected chi connectivity index (χ0v) is 19.3. The summed E-state index contributed by atoms with van der Waals surface area (Å²) in [6.07, 6.45) is 3.08. The van der Waals surface area contributed by atoms with E-state index in [0.29, 0.717) is 23.8 Å². The number of aryl methyl sites for hydroxylation is 2. The lowest BCUT2D eigenvalue weighted by Crippen LogP contribution is -2.40. The lowest BCUT2D eigenvalue weighted by Gasteiger charge is -2.34. The van der Waals surface area contributed by atoms with Crippen LogP contribution in [0.2, 0.25) is 0 Å². The third kappa shape index (κ3) is 4.49. The van der Waals surface area contributed by atoms with Gasteiger partial charge < -0.3 is 9.64 Å². The van der Waals surface area contributed by atoms with E-state index < -0.39 is 0 Å². The van der Waals surface area contributed by atoms with Gasteiger partial charge in [-0.3, -0.25) is 14.5 Å². The molecule has 2 heterocycles. The molecule has 0 N–H and O–H groups in total. The Balaban J connectivity index is 1.60. The van der Waals surface area contributed by atoms with Crippen molar-refractivity contribution in [3.8, 4) is 0 Å². The lowest BCUT2D eigenvalue weighted by molar-refractivity contribution is -0.138. The Labute approximate surface area is 190 Å². The van der Waals surface area contributed by atoms with Gasteiger partial charge in [0.25, 0.3) is 11.8 Å². The van der Waals surface area contributed by atoms with Crippen molar-refractivity contribution in [3.63, 3.8) is 0 Å². The summed E-state index contributed by atoms with van der Waals surface area (Å²) in [5, 5.41) is 0. The van der Waals surface area contributed by atoms with E-state index in [1.807, 2.05) is 32.0 Å². The molecule has 1 saturated heterocycles. The Morgan fingerprint density at radius 3 is 2.34 bits per heavy atom. The number of methoxy groups -OCH3 is 1. The maximum absolute atomic E-state index is 13.4. The van der Waals surface area contributed by atoms with Gasteiger partial charge in [-0.25, -0.2) is 0 Å². The van der Waals surface area contributed by atoms with E-state index in [2.05, 4.69) is 35.2 Å². The van der Waals surface area contributed by atoms with Gasteiger partial charge in [-0.15, -0.1) is 0 Å². The van der Waals surface area contributed by atoms with Crippen molar-refractivity contribution in [3.05, 3.63) is 76.5 Å². The van der Waals surface area contributed by atoms with E-state index in [4.69, 9.17) is 4.74 Å². The normalized spacial score (nSPS) is 17.6. The topological polar surface area (TPSA) is 49.9 Å². The maximum atomic E-state index is 13.4. The summed E-state index contributed by atoms with van der Waals surface area (Å²) < 4.78 is 5.15. The molecule has 0 atom stereocenters. The first-order chi connectivity index (χ1) is 15.5. The van der Waals surface area contributed by atoms with Crippen LogP contribution in [0.15, 0.2) is 54.2 Å². The van der Waals surface area contributed by atoms with Crippen molar-refractivity contribution >= 4 is 17.4 Å². The van der Waals surface area contributed by atoms with Gasteiger partial charge in [-0.05, 0) is 55.7 Å². The highest BCUT2D eigenvalue weighted by Gasteiger charge is 2.42. The van der Waals surface area contributed by atoms with Gasteiger partial charge >= 0.3 is 0 Å². The van der Waals surface area contributed by atoms with Crippen molar-refractivity contribution in [2.24, 2.45) is 5.92 Å². The van der Waals surface area contributed by atoms with Crippen LogP contribution in [0.1, 0.15) is 35.1 Å². The predicted octanol–water partition coefficient (Wildman–Crippen LogP) is 3.98. The molecule has 4 rings (SSSR count). The molecule has 5 nitrogen and oxygen atoms in total. The van der Waals surface area contributed by atoms with Crippen molar-refractivity contribution in [1.82, 2.24) is 9.80 Å². The van der Waals surface area contributed by atoms with E-state index in [0.717, 1.165) is 49.0 Å². The van der Waals surface area contributed by atoms with Gasteiger partial charge in [0.2, 0.25) is 0 Å². The molecule has 2 aromatic rings. The second kappa shape index (κ2) is 9.70. The molecular weight excluding hydrogens is 400 g/mol. The largest absolute Gasteiger partial charge is 0.383 e. The molecule has 0 saturated carbocycles. The minimum atomic E-state index is -0.208. The molecule has 2 aliphatic heterocycles. The van der Waals surface area contributed by atoms with Crippen LogP contribution < -0.4 is 0 Å². The molecule has 5 heteroatoms. The molecule has 2 amide bonds. The van der Waals surface area contributed by atoms with Crippen molar-refractivity contribution in [2.75, 3.05) is 33.4 Å². The average molecular weight is 433 g/mol. The number of benzene rings is 2. The van der Waals surface area contributed by atoms with Gasteiger partial charge in [-0.2, -0.15) is 0 Å². The number of amides is 2. The fourth-order valence-corrected chi connectivity index (χ4v) is 4.89. The first kappa shape index (κ1) is 22.3. The molecule has 1 fully saturated rings. The molecule has 0 unspecified atom stereocenters. The van der Waals surface area contributed by atoms with Crippen LogP contribution in [-0.2, 0) is 20.7 Å². The SMILES string of the molecule is COCCN1C(=O)C(c2ccc(C)cc2C)=C(N2CCC(Cc3ccccc3)CC2)C1=O. The van der Waals surface area contributed by atoms with Gasteiger partial charge in [0.05, 0.1) is 18.7 Å². The molecule has 168 valence electrons. The monoisotopic (exact) mass is 432 g/mol. The number of nitrogens with zero attached hydrogens (tertiary/aromatic N) is 2.